The summed E-state index contributed by atoms with van der Waals surface area (Å²) in [6.45, 7) is 3.20. The molecule has 0 saturated carbocycles. The van der Waals surface area contributed by atoms with Gasteiger partial charge in [0, 0.05) is 17.1 Å². The van der Waals surface area contributed by atoms with Gasteiger partial charge < -0.3 is 19.6 Å². The Labute approximate surface area is 133 Å². The summed E-state index contributed by atoms with van der Waals surface area (Å²) in [5.41, 5.74) is 1.17. The van der Waals surface area contributed by atoms with Crippen LogP contribution in [0.4, 0.5) is 0 Å². The first-order chi connectivity index (χ1) is 10.1. The van der Waals surface area contributed by atoms with Crippen LogP contribution >= 0.6 is 15.9 Å². The molecule has 0 radical (unpaired) electrons. The lowest BCUT2D eigenvalue weighted by atomic mass is 10.1. The summed E-state index contributed by atoms with van der Waals surface area (Å²) >= 11 is 3.46. The average molecular weight is 354 g/mol. The van der Waals surface area contributed by atoms with E-state index in [4.69, 9.17) is 9.15 Å². The second-order valence-electron chi connectivity index (χ2n) is 4.93. The summed E-state index contributed by atoms with van der Waals surface area (Å²) < 4.78 is 11.6. The van der Waals surface area contributed by atoms with Crippen molar-refractivity contribution in [3.8, 4) is 0 Å². The van der Waals surface area contributed by atoms with Crippen molar-refractivity contribution in [2.75, 3.05) is 13.2 Å². The van der Waals surface area contributed by atoms with Crippen LogP contribution in [-0.2, 0) is 11.3 Å². The monoisotopic (exact) mass is 353 g/mol. The van der Waals surface area contributed by atoms with Gasteiger partial charge in [-0.3, -0.25) is 0 Å². The Kier molecular flexibility index (Phi) is 6.45. The summed E-state index contributed by atoms with van der Waals surface area (Å²) in [7, 11) is 0. The SMILES string of the molecule is C[C@H](NCC(O)COCc1ccco1)c1cccc(Br)c1. The van der Waals surface area contributed by atoms with Gasteiger partial charge in [0.15, 0.2) is 0 Å². The lowest BCUT2D eigenvalue weighted by molar-refractivity contribution is 0.0217. The van der Waals surface area contributed by atoms with Crippen molar-refractivity contribution < 1.29 is 14.3 Å². The predicted molar refractivity (Wildman–Crippen MR) is 84.9 cm³/mol. The van der Waals surface area contributed by atoms with Crippen LogP contribution in [0, 0.1) is 0 Å². The van der Waals surface area contributed by atoms with Crippen molar-refractivity contribution in [1.82, 2.24) is 5.32 Å². The molecule has 2 rings (SSSR count). The van der Waals surface area contributed by atoms with Gasteiger partial charge in [-0.25, -0.2) is 0 Å². The molecule has 4 nitrogen and oxygen atoms in total. The van der Waals surface area contributed by atoms with Crippen LogP contribution in [0.15, 0.2) is 51.6 Å². The van der Waals surface area contributed by atoms with E-state index in [0.717, 1.165) is 10.2 Å². The fraction of sp³-hybridized carbons (Fsp3) is 0.375. The Hall–Kier alpha value is -1.14. The lowest BCUT2D eigenvalue weighted by Gasteiger charge is -2.17. The normalized spacial score (nSPS) is 14.0. The number of halogens is 1. The zero-order chi connectivity index (χ0) is 15.1. The summed E-state index contributed by atoms with van der Waals surface area (Å²) in [5, 5.41) is 13.2. The molecular weight excluding hydrogens is 334 g/mol. The maximum absolute atomic E-state index is 9.90. The van der Waals surface area contributed by atoms with E-state index in [9.17, 15) is 5.11 Å². The van der Waals surface area contributed by atoms with Gasteiger partial charge in [0.1, 0.15) is 12.4 Å². The van der Waals surface area contributed by atoms with Crippen LogP contribution in [0.1, 0.15) is 24.3 Å². The van der Waals surface area contributed by atoms with Crippen molar-refractivity contribution in [2.45, 2.75) is 25.7 Å². The third kappa shape index (κ3) is 5.63. The molecule has 1 unspecified atom stereocenters. The number of aliphatic hydroxyl groups excluding tert-OH is 1. The fourth-order valence-electron chi connectivity index (χ4n) is 1.96. The molecule has 114 valence electrons. The highest BCUT2D eigenvalue weighted by molar-refractivity contribution is 9.10. The van der Waals surface area contributed by atoms with Gasteiger partial charge >= 0.3 is 0 Å². The first-order valence-corrected chi connectivity index (χ1v) is 7.71. The zero-order valence-electron chi connectivity index (χ0n) is 12.0. The minimum absolute atomic E-state index is 0.169. The molecule has 0 aliphatic carbocycles. The number of nitrogens with one attached hydrogen (secondary N) is 1. The number of hydrogen-bond donors (Lipinski definition) is 2. The summed E-state index contributed by atoms with van der Waals surface area (Å²) in [6.07, 6.45) is 1.06. The van der Waals surface area contributed by atoms with Gasteiger partial charge in [-0.1, -0.05) is 28.1 Å². The summed E-state index contributed by atoms with van der Waals surface area (Å²) in [5.74, 6) is 0.762. The molecule has 0 amide bonds. The molecule has 0 fully saturated rings. The average Bonchev–Trinajstić information content (AvgIpc) is 2.98. The third-order valence-corrected chi connectivity index (χ3v) is 3.64. The second-order valence-corrected chi connectivity index (χ2v) is 5.85. The molecule has 1 heterocycles. The maximum Gasteiger partial charge on any atom is 0.129 e. The quantitative estimate of drug-likeness (QED) is 0.764. The van der Waals surface area contributed by atoms with E-state index in [1.54, 1.807) is 6.26 Å². The minimum atomic E-state index is -0.547. The Morgan fingerprint density at radius 3 is 2.90 bits per heavy atom. The van der Waals surface area contributed by atoms with Gasteiger partial charge in [-0.2, -0.15) is 0 Å². The zero-order valence-corrected chi connectivity index (χ0v) is 13.5. The molecule has 0 aliphatic rings. The second kappa shape index (κ2) is 8.34. The van der Waals surface area contributed by atoms with Crippen LogP contribution < -0.4 is 5.32 Å². The molecular formula is C16H20BrNO3. The highest BCUT2D eigenvalue weighted by atomic mass is 79.9. The Balaban J connectivity index is 1.67. The van der Waals surface area contributed by atoms with Crippen LogP contribution in [0.3, 0.4) is 0 Å². The number of benzene rings is 1. The Morgan fingerprint density at radius 1 is 1.33 bits per heavy atom. The molecule has 0 spiro atoms. The van der Waals surface area contributed by atoms with Crippen molar-refractivity contribution in [2.24, 2.45) is 0 Å². The van der Waals surface area contributed by atoms with Gasteiger partial charge in [0.05, 0.1) is 19.0 Å². The molecule has 1 aromatic heterocycles. The van der Waals surface area contributed by atoms with Crippen LogP contribution in [0.5, 0.6) is 0 Å². The van der Waals surface area contributed by atoms with Gasteiger partial charge in [-0.05, 0) is 36.8 Å². The van der Waals surface area contributed by atoms with Gasteiger partial charge in [0.25, 0.3) is 0 Å². The fourth-order valence-corrected chi connectivity index (χ4v) is 2.37. The number of hydrogen-bond acceptors (Lipinski definition) is 4. The van der Waals surface area contributed by atoms with Crippen molar-refractivity contribution >= 4 is 15.9 Å². The predicted octanol–water partition coefficient (Wildman–Crippen LogP) is 3.27. The first kappa shape index (κ1) is 16.2. The smallest absolute Gasteiger partial charge is 0.129 e. The third-order valence-electron chi connectivity index (χ3n) is 3.14. The topological polar surface area (TPSA) is 54.6 Å². The largest absolute Gasteiger partial charge is 0.467 e. The summed E-state index contributed by atoms with van der Waals surface area (Å²) in [4.78, 5) is 0. The molecule has 2 N–H and O–H groups in total. The Bertz CT molecular complexity index is 530. The summed E-state index contributed by atoms with van der Waals surface area (Å²) in [6, 6.07) is 12.0. The molecule has 2 atom stereocenters. The van der Waals surface area contributed by atoms with E-state index in [2.05, 4.69) is 40.3 Å². The first-order valence-electron chi connectivity index (χ1n) is 6.92. The van der Waals surface area contributed by atoms with Gasteiger partial charge in [0.2, 0.25) is 0 Å². The molecule has 0 saturated heterocycles. The van der Waals surface area contributed by atoms with E-state index < -0.39 is 6.10 Å². The van der Waals surface area contributed by atoms with Crippen LogP contribution in [0.25, 0.3) is 0 Å². The van der Waals surface area contributed by atoms with Crippen molar-refractivity contribution in [3.63, 3.8) is 0 Å². The molecule has 2 aromatic rings. The van der Waals surface area contributed by atoms with E-state index in [1.807, 2.05) is 24.3 Å². The number of furan rings is 1. The lowest BCUT2D eigenvalue weighted by Crippen LogP contribution is -2.32. The van der Waals surface area contributed by atoms with Crippen molar-refractivity contribution in [1.29, 1.82) is 0 Å². The maximum atomic E-state index is 9.90. The molecule has 5 heteroatoms. The standard InChI is InChI=1S/C16H20BrNO3/c1-12(13-4-2-5-14(17)8-13)18-9-15(19)10-20-11-16-6-3-7-21-16/h2-8,12,15,18-19H,9-11H2,1H3/t12-,15?/m0/s1. The van der Waals surface area contributed by atoms with Crippen LogP contribution in [0.2, 0.25) is 0 Å². The van der Waals surface area contributed by atoms with E-state index in [0.29, 0.717) is 13.2 Å². The van der Waals surface area contributed by atoms with E-state index >= 15 is 0 Å². The van der Waals surface area contributed by atoms with Crippen LogP contribution in [-0.4, -0.2) is 24.4 Å². The molecule has 21 heavy (non-hydrogen) atoms. The van der Waals surface area contributed by atoms with Gasteiger partial charge in [-0.15, -0.1) is 0 Å². The van der Waals surface area contributed by atoms with E-state index in [1.165, 1.54) is 5.56 Å². The number of aliphatic hydroxyl groups is 1. The number of ether oxygens (including phenoxy) is 1. The highest BCUT2D eigenvalue weighted by Gasteiger charge is 2.09. The number of rotatable bonds is 8. The minimum Gasteiger partial charge on any atom is -0.467 e. The molecule has 0 bridgehead atoms. The van der Waals surface area contributed by atoms with Crippen molar-refractivity contribution in [3.05, 3.63) is 58.5 Å². The highest BCUT2D eigenvalue weighted by Crippen LogP contribution is 2.17. The molecule has 1 aromatic carbocycles. The Morgan fingerprint density at radius 2 is 2.19 bits per heavy atom. The van der Waals surface area contributed by atoms with E-state index in [-0.39, 0.29) is 12.6 Å². The molecule has 0 aliphatic heterocycles.